The minimum atomic E-state index is -0.765. The highest BCUT2D eigenvalue weighted by atomic mass is 16.5. The van der Waals surface area contributed by atoms with Crippen molar-refractivity contribution in [2.24, 2.45) is 5.92 Å². The third kappa shape index (κ3) is 6.22. The predicted molar refractivity (Wildman–Crippen MR) is 133 cm³/mol. The number of rotatable bonds is 8. The Morgan fingerprint density at radius 1 is 0.824 bits per heavy atom. The second-order valence-electron chi connectivity index (χ2n) is 8.28. The first-order chi connectivity index (χ1) is 16.3. The van der Waals surface area contributed by atoms with Gasteiger partial charge in [0.15, 0.2) is 0 Å². The highest BCUT2D eigenvalue weighted by Crippen LogP contribution is 2.19. The average molecular weight is 460 g/mol. The number of benzene rings is 3. The van der Waals surface area contributed by atoms with Gasteiger partial charge in [0.05, 0.1) is 18.4 Å². The number of aryl methyl sites for hydroxylation is 1. The lowest BCUT2D eigenvalue weighted by Gasteiger charge is -2.22. The van der Waals surface area contributed by atoms with E-state index in [9.17, 15) is 14.4 Å². The van der Waals surface area contributed by atoms with E-state index in [1.165, 1.54) is 0 Å². The molecule has 0 bridgehead atoms. The fraction of sp³-hybridized carbons (Fsp3) is 0.222. The molecule has 0 saturated carbocycles. The lowest BCUT2D eigenvalue weighted by Crippen LogP contribution is -2.47. The number of anilines is 2. The third-order valence-electron chi connectivity index (χ3n) is 5.29. The van der Waals surface area contributed by atoms with Gasteiger partial charge in [-0.3, -0.25) is 14.4 Å². The molecule has 0 aliphatic heterocycles. The van der Waals surface area contributed by atoms with Crippen LogP contribution in [0.1, 0.15) is 40.1 Å². The van der Waals surface area contributed by atoms with Crippen LogP contribution in [0.25, 0.3) is 0 Å². The van der Waals surface area contributed by atoms with E-state index in [1.54, 1.807) is 61.7 Å². The fourth-order valence-electron chi connectivity index (χ4n) is 3.42. The van der Waals surface area contributed by atoms with Gasteiger partial charge < -0.3 is 20.7 Å². The largest absolute Gasteiger partial charge is 0.497 e. The van der Waals surface area contributed by atoms with Gasteiger partial charge in [0.2, 0.25) is 5.91 Å². The molecule has 0 heterocycles. The van der Waals surface area contributed by atoms with Crippen molar-refractivity contribution in [2.75, 3.05) is 17.7 Å². The maximum absolute atomic E-state index is 13.1. The zero-order valence-corrected chi connectivity index (χ0v) is 19.7. The fourth-order valence-corrected chi connectivity index (χ4v) is 3.42. The number of carbonyl (C=O) groups excluding carboxylic acids is 3. The quantitative estimate of drug-likeness (QED) is 0.457. The Hall–Kier alpha value is -4.13. The molecule has 0 radical (unpaired) electrons. The Bertz CT molecular complexity index is 1170. The lowest BCUT2D eigenvalue weighted by atomic mass is 10.0. The van der Waals surface area contributed by atoms with Crippen LogP contribution in [0, 0.1) is 12.8 Å². The third-order valence-corrected chi connectivity index (χ3v) is 5.29. The number of nitrogens with one attached hydrogen (secondary N) is 3. The molecule has 0 aliphatic carbocycles. The summed E-state index contributed by atoms with van der Waals surface area (Å²) in [5, 5.41) is 8.46. The number of amides is 3. The topological polar surface area (TPSA) is 96.5 Å². The Morgan fingerprint density at radius 2 is 1.53 bits per heavy atom. The van der Waals surface area contributed by atoms with Crippen LogP contribution in [0.3, 0.4) is 0 Å². The van der Waals surface area contributed by atoms with Gasteiger partial charge in [-0.25, -0.2) is 0 Å². The van der Waals surface area contributed by atoms with Gasteiger partial charge in [-0.1, -0.05) is 38.1 Å². The molecule has 0 saturated heterocycles. The molecule has 0 fully saturated rings. The van der Waals surface area contributed by atoms with Gasteiger partial charge in [-0.2, -0.15) is 0 Å². The second-order valence-corrected chi connectivity index (χ2v) is 8.28. The van der Waals surface area contributed by atoms with Crippen LogP contribution in [0.5, 0.6) is 5.75 Å². The summed E-state index contributed by atoms with van der Waals surface area (Å²) in [6, 6.07) is 20.0. The molecule has 0 unspecified atom stereocenters. The van der Waals surface area contributed by atoms with Crippen molar-refractivity contribution in [1.82, 2.24) is 5.32 Å². The molecular formula is C27H29N3O4. The zero-order valence-electron chi connectivity index (χ0n) is 19.7. The average Bonchev–Trinajstić information content (AvgIpc) is 2.82. The van der Waals surface area contributed by atoms with Crippen LogP contribution in [0.4, 0.5) is 11.4 Å². The van der Waals surface area contributed by atoms with Crippen molar-refractivity contribution in [3.05, 3.63) is 89.5 Å². The SMILES string of the molecule is COc1ccc(C(=O)Nc2ccccc2C(=O)N[C@@H](C(=O)Nc2cccc(C)c2)C(C)C)cc1. The lowest BCUT2D eigenvalue weighted by molar-refractivity contribution is -0.118. The first-order valence-electron chi connectivity index (χ1n) is 11.0. The van der Waals surface area contributed by atoms with Crippen LogP contribution in [0.15, 0.2) is 72.8 Å². The number of para-hydroxylation sites is 1. The van der Waals surface area contributed by atoms with Gasteiger partial charge in [0.25, 0.3) is 11.8 Å². The molecule has 3 amide bonds. The van der Waals surface area contributed by atoms with Crippen molar-refractivity contribution < 1.29 is 19.1 Å². The standard InChI is InChI=1S/C27H29N3O4/c1-17(2)24(27(33)28-20-9-7-8-18(3)16-20)30-26(32)22-10-5-6-11-23(22)29-25(31)19-12-14-21(34-4)15-13-19/h5-17,24H,1-4H3,(H,28,33)(H,29,31)(H,30,32)/t24-/m1/s1. The van der Waals surface area contributed by atoms with E-state index in [2.05, 4.69) is 16.0 Å². The summed E-state index contributed by atoms with van der Waals surface area (Å²) < 4.78 is 5.12. The summed E-state index contributed by atoms with van der Waals surface area (Å²) in [6.45, 7) is 5.66. The Labute approximate surface area is 199 Å². The summed E-state index contributed by atoms with van der Waals surface area (Å²) in [6.07, 6.45) is 0. The number of hydrogen-bond acceptors (Lipinski definition) is 4. The monoisotopic (exact) mass is 459 g/mol. The van der Waals surface area contributed by atoms with Crippen molar-refractivity contribution >= 4 is 29.1 Å². The minimum absolute atomic E-state index is 0.158. The Balaban J connectivity index is 1.75. The smallest absolute Gasteiger partial charge is 0.255 e. The van der Waals surface area contributed by atoms with Crippen LogP contribution < -0.4 is 20.7 Å². The second kappa shape index (κ2) is 11.1. The van der Waals surface area contributed by atoms with Crippen LogP contribution in [-0.4, -0.2) is 30.9 Å². The van der Waals surface area contributed by atoms with Gasteiger partial charge in [0.1, 0.15) is 11.8 Å². The van der Waals surface area contributed by atoms with E-state index in [1.807, 2.05) is 39.0 Å². The highest BCUT2D eigenvalue weighted by molar-refractivity contribution is 6.10. The molecule has 3 aromatic rings. The Morgan fingerprint density at radius 3 is 2.18 bits per heavy atom. The molecule has 7 nitrogen and oxygen atoms in total. The molecule has 0 spiro atoms. The van der Waals surface area contributed by atoms with Crippen molar-refractivity contribution in [3.63, 3.8) is 0 Å². The van der Waals surface area contributed by atoms with Crippen LogP contribution >= 0.6 is 0 Å². The van der Waals surface area contributed by atoms with Crippen LogP contribution in [0.2, 0.25) is 0 Å². The van der Waals surface area contributed by atoms with E-state index in [0.29, 0.717) is 22.7 Å². The Kier molecular flexibility index (Phi) is 8.03. The first-order valence-corrected chi connectivity index (χ1v) is 11.0. The molecule has 0 aromatic heterocycles. The number of ether oxygens (including phenoxy) is 1. The van der Waals surface area contributed by atoms with E-state index in [0.717, 1.165) is 5.56 Å². The number of methoxy groups -OCH3 is 1. The summed E-state index contributed by atoms with van der Waals surface area (Å²) >= 11 is 0. The number of carbonyl (C=O) groups is 3. The molecule has 3 rings (SSSR count). The number of hydrogen-bond donors (Lipinski definition) is 3. The van der Waals surface area contributed by atoms with Crippen molar-refractivity contribution in [1.29, 1.82) is 0 Å². The molecule has 7 heteroatoms. The van der Waals surface area contributed by atoms with E-state index < -0.39 is 11.9 Å². The highest BCUT2D eigenvalue weighted by Gasteiger charge is 2.26. The van der Waals surface area contributed by atoms with Crippen molar-refractivity contribution in [2.45, 2.75) is 26.8 Å². The molecule has 176 valence electrons. The molecule has 1 atom stereocenters. The van der Waals surface area contributed by atoms with E-state index in [4.69, 9.17) is 4.74 Å². The summed E-state index contributed by atoms with van der Waals surface area (Å²) in [7, 11) is 1.55. The van der Waals surface area contributed by atoms with Gasteiger partial charge >= 0.3 is 0 Å². The van der Waals surface area contributed by atoms with E-state index >= 15 is 0 Å². The molecule has 0 aliphatic rings. The molecule has 34 heavy (non-hydrogen) atoms. The molecular weight excluding hydrogens is 430 g/mol. The van der Waals surface area contributed by atoms with Gasteiger partial charge in [-0.05, 0) is 66.9 Å². The van der Waals surface area contributed by atoms with E-state index in [-0.39, 0.29) is 23.3 Å². The maximum Gasteiger partial charge on any atom is 0.255 e. The zero-order chi connectivity index (χ0) is 24.7. The van der Waals surface area contributed by atoms with Crippen molar-refractivity contribution in [3.8, 4) is 5.75 Å². The first kappa shape index (κ1) is 24.5. The summed E-state index contributed by atoms with van der Waals surface area (Å²) in [5.74, 6) is -0.646. The van der Waals surface area contributed by atoms with Gasteiger partial charge in [-0.15, -0.1) is 0 Å². The molecule has 3 N–H and O–H groups in total. The van der Waals surface area contributed by atoms with Crippen LogP contribution in [-0.2, 0) is 4.79 Å². The minimum Gasteiger partial charge on any atom is -0.497 e. The maximum atomic E-state index is 13.1. The normalized spacial score (nSPS) is 11.4. The molecule has 3 aromatic carbocycles. The predicted octanol–water partition coefficient (Wildman–Crippen LogP) is 4.65. The summed E-state index contributed by atoms with van der Waals surface area (Å²) in [4.78, 5) is 38.8. The summed E-state index contributed by atoms with van der Waals surface area (Å²) in [5.41, 5.74) is 2.72. The van der Waals surface area contributed by atoms with Gasteiger partial charge in [0, 0.05) is 11.3 Å².